The number of amides is 1. The van der Waals surface area contributed by atoms with Gasteiger partial charge in [0.05, 0.1) is 23.3 Å². The first kappa shape index (κ1) is 22.7. The molecule has 1 N–H and O–H groups in total. The lowest BCUT2D eigenvalue weighted by atomic mass is 10.0. The molecular weight excluding hydrogens is 424 g/mol. The number of ether oxygens (including phenoxy) is 1. The first-order chi connectivity index (χ1) is 13.3. The summed E-state index contributed by atoms with van der Waals surface area (Å²) >= 11 is 0.960. The van der Waals surface area contributed by atoms with Gasteiger partial charge >= 0.3 is 18.3 Å². The van der Waals surface area contributed by atoms with Gasteiger partial charge in [-0.05, 0) is 44.5 Å². The Bertz CT molecular complexity index is 914. The van der Waals surface area contributed by atoms with Crippen LogP contribution in [0.5, 0.6) is 0 Å². The molecule has 29 heavy (non-hydrogen) atoms. The second-order valence-electron chi connectivity index (χ2n) is 5.96. The lowest BCUT2D eigenvalue weighted by molar-refractivity contribution is -0.143. The van der Waals surface area contributed by atoms with E-state index in [-0.39, 0.29) is 23.2 Å². The van der Waals surface area contributed by atoms with Crippen molar-refractivity contribution in [2.45, 2.75) is 33.1 Å². The van der Waals surface area contributed by atoms with Crippen LogP contribution in [0.25, 0.3) is 0 Å². The fourth-order valence-corrected chi connectivity index (χ4v) is 3.47. The van der Waals surface area contributed by atoms with Gasteiger partial charge in [-0.15, -0.1) is 11.3 Å². The third kappa shape index (κ3) is 5.08. The summed E-state index contributed by atoms with van der Waals surface area (Å²) in [6.07, 6.45) is -10.2. The van der Waals surface area contributed by atoms with E-state index in [4.69, 9.17) is 4.74 Å². The fraction of sp³-hybridized carbons (Fsp3) is 0.333. The van der Waals surface area contributed by atoms with Gasteiger partial charge in [-0.3, -0.25) is 4.79 Å². The number of carbonyl (C=O) groups is 2. The molecule has 0 spiro atoms. The van der Waals surface area contributed by atoms with Crippen molar-refractivity contribution in [2.75, 3.05) is 11.9 Å². The maximum absolute atomic E-state index is 13.0. The van der Waals surface area contributed by atoms with Gasteiger partial charge in [0.1, 0.15) is 5.00 Å². The number of carbonyl (C=O) groups excluding carboxylic acids is 2. The average molecular weight is 439 g/mol. The molecule has 158 valence electrons. The van der Waals surface area contributed by atoms with Crippen LogP contribution in [0.1, 0.15) is 49.2 Å². The summed E-state index contributed by atoms with van der Waals surface area (Å²) in [6.45, 7) is 4.83. The van der Waals surface area contributed by atoms with Crippen LogP contribution in [0.3, 0.4) is 0 Å². The van der Waals surface area contributed by atoms with E-state index in [0.717, 1.165) is 11.3 Å². The molecule has 1 aromatic heterocycles. The predicted octanol–water partition coefficient (Wildman–Crippen LogP) is 5.83. The maximum atomic E-state index is 13.0. The summed E-state index contributed by atoms with van der Waals surface area (Å²) in [5, 5.41) is 2.21. The Morgan fingerprint density at radius 1 is 1.00 bits per heavy atom. The summed E-state index contributed by atoms with van der Waals surface area (Å²) in [5.74, 6) is -1.97. The molecule has 1 aromatic carbocycles. The minimum absolute atomic E-state index is 0.00530. The quantitative estimate of drug-likeness (QED) is 0.482. The number of halogens is 6. The molecule has 0 bridgehead atoms. The number of alkyl halides is 6. The molecule has 0 aliphatic carbocycles. The monoisotopic (exact) mass is 439 g/mol. The average Bonchev–Trinajstić information content (AvgIpc) is 2.87. The molecule has 2 rings (SSSR count). The van der Waals surface area contributed by atoms with Crippen molar-refractivity contribution in [3.63, 3.8) is 0 Å². The molecule has 0 fully saturated rings. The smallest absolute Gasteiger partial charge is 0.416 e. The van der Waals surface area contributed by atoms with Crippen LogP contribution in [0.4, 0.5) is 31.3 Å². The van der Waals surface area contributed by atoms with Gasteiger partial charge in [-0.2, -0.15) is 26.3 Å². The predicted molar refractivity (Wildman–Crippen MR) is 94.1 cm³/mol. The normalized spacial score (nSPS) is 12.0. The number of benzene rings is 1. The molecule has 0 aliphatic rings. The minimum Gasteiger partial charge on any atom is -0.462 e. The molecule has 0 atom stereocenters. The Labute approximate surface area is 165 Å². The molecule has 11 heteroatoms. The van der Waals surface area contributed by atoms with Gasteiger partial charge in [0.15, 0.2) is 0 Å². The zero-order valence-electron chi connectivity index (χ0n) is 15.3. The van der Waals surface area contributed by atoms with Crippen LogP contribution in [0.2, 0.25) is 0 Å². The minimum atomic E-state index is -5.08. The molecule has 0 unspecified atom stereocenters. The summed E-state index contributed by atoms with van der Waals surface area (Å²) < 4.78 is 82.8. The number of nitrogens with one attached hydrogen (secondary N) is 1. The Morgan fingerprint density at radius 2 is 1.52 bits per heavy atom. The van der Waals surface area contributed by atoms with E-state index in [2.05, 4.69) is 5.32 Å². The van der Waals surface area contributed by atoms with Crippen LogP contribution < -0.4 is 5.32 Å². The van der Waals surface area contributed by atoms with Crippen molar-refractivity contribution < 1.29 is 40.7 Å². The van der Waals surface area contributed by atoms with Crippen molar-refractivity contribution in [1.29, 1.82) is 0 Å². The first-order valence-corrected chi connectivity index (χ1v) is 8.95. The number of thiophene rings is 1. The number of hydrogen-bond donors (Lipinski definition) is 1. The second-order valence-corrected chi connectivity index (χ2v) is 7.18. The molecular formula is C18H15F6NO3S. The van der Waals surface area contributed by atoms with Gasteiger partial charge in [-0.25, -0.2) is 4.79 Å². The summed E-state index contributed by atoms with van der Waals surface area (Å²) in [6, 6.07) is 0.574. The van der Waals surface area contributed by atoms with Crippen LogP contribution in [0, 0.1) is 13.8 Å². The summed E-state index contributed by atoms with van der Waals surface area (Å²) in [5.41, 5.74) is -3.57. The largest absolute Gasteiger partial charge is 0.462 e. The van der Waals surface area contributed by atoms with Gasteiger partial charge in [-0.1, -0.05) is 0 Å². The highest BCUT2D eigenvalue weighted by Crippen LogP contribution is 2.37. The number of rotatable bonds is 4. The molecule has 1 amide bonds. The SMILES string of the molecule is CCOC(=O)c1c(NC(=O)c2cc(C(F)(F)F)cc(C(F)(F)F)c2)sc(C)c1C. The summed E-state index contributed by atoms with van der Waals surface area (Å²) in [7, 11) is 0. The van der Waals surface area contributed by atoms with Crippen molar-refractivity contribution in [3.8, 4) is 0 Å². The van der Waals surface area contributed by atoms with Crippen molar-refractivity contribution in [2.24, 2.45) is 0 Å². The molecule has 0 radical (unpaired) electrons. The van der Waals surface area contributed by atoms with Crippen molar-refractivity contribution in [3.05, 3.63) is 50.9 Å². The first-order valence-electron chi connectivity index (χ1n) is 8.13. The van der Waals surface area contributed by atoms with E-state index in [1.54, 1.807) is 20.8 Å². The summed E-state index contributed by atoms with van der Waals surface area (Å²) in [4.78, 5) is 25.2. The maximum Gasteiger partial charge on any atom is 0.416 e. The van der Waals surface area contributed by atoms with E-state index in [0.29, 0.717) is 22.6 Å². The Balaban J connectivity index is 2.49. The molecule has 0 saturated heterocycles. The molecule has 0 aliphatic heterocycles. The van der Waals surface area contributed by atoms with Crippen LogP contribution in [0.15, 0.2) is 18.2 Å². The van der Waals surface area contributed by atoms with Gasteiger partial charge in [0.2, 0.25) is 0 Å². The number of esters is 1. The van der Waals surface area contributed by atoms with Crippen LogP contribution in [-0.4, -0.2) is 18.5 Å². The van der Waals surface area contributed by atoms with E-state index < -0.39 is 40.9 Å². The number of aryl methyl sites for hydroxylation is 1. The highest BCUT2D eigenvalue weighted by Gasteiger charge is 2.37. The highest BCUT2D eigenvalue weighted by atomic mass is 32.1. The molecule has 1 heterocycles. The van der Waals surface area contributed by atoms with E-state index in [1.165, 1.54) is 0 Å². The second kappa shape index (κ2) is 8.05. The van der Waals surface area contributed by atoms with Gasteiger partial charge in [0.25, 0.3) is 5.91 Å². The van der Waals surface area contributed by atoms with Crippen molar-refractivity contribution >= 4 is 28.2 Å². The topological polar surface area (TPSA) is 55.4 Å². The van der Waals surface area contributed by atoms with Gasteiger partial charge in [0, 0.05) is 10.4 Å². The third-order valence-electron chi connectivity index (χ3n) is 3.94. The third-order valence-corrected chi connectivity index (χ3v) is 5.06. The fourth-order valence-electron chi connectivity index (χ4n) is 2.43. The Kier molecular flexibility index (Phi) is 6.31. The molecule has 2 aromatic rings. The van der Waals surface area contributed by atoms with Gasteiger partial charge < -0.3 is 10.1 Å². The number of anilines is 1. The lowest BCUT2D eigenvalue weighted by Crippen LogP contribution is -2.18. The molecule has 4 nitrogen and oxygen atoms in total. The lowest BCUT2D eigenvalue weighted by Gasteiger charge is -2.14. The Morgan fingerprint density at radius 3 is 1.97 bits per heavy atom. The van der Waals surface area contributed by atoms with E-state index in [1.807, 2.05) is 0 Å². The Hall–Kier alpha value is -2.56. The van der Waals surface area contributed by atoms with E-state index >= 15 is 0 Å². The zero-order valence-corrected chi connectivity index (χ0v) is 16.2. The molecule has 0 saturated carbocycles. The van der Waals surface area contributed by atoms with Crippen LogP contribution in [-0.2, 0) is 17.1 Å². The van der Waals surface area contributed by atoms with Crippen LogP contribution >= 0.6 is 11.3 Å². The highest BCUT2D eigenvalue weighted by molar-refractivity contribution is 7.16. The van der Waals surface area contributed by atoms with Crippen molar-refractivity contribution in [1.82, 2.24) is 0 Å². The van der Waals surface area contributed by atoms with E-state index in [9.17, 15) is 35.9 Å². The standard InChI is InChI=1S/C18H15F6NO3S/c1-4-28-16(27)13-8(2)9(3)29-15(13)25-14(26)10-5-11(17(19,20)21)7-12(6-10)18(22,23)24/h5-7H,4H2,1-3H3,(H,25,26). The number of hydrogen-bond acceptors (Lipinski definition) is 4. The zero-order chi connectivity index (χ0) is 22.1.